The molecule has 0 bridgehead atoms. The first kappa shape index (κ1) is 35.4. The number of aliphatic hydroxyl groups is 2. The maximum atomic E-state index is 9.62. The molecular weight excluding hydrogens is 649 g/mol. The topological polar surface area (TPSA) is 166 Å². The van der Waals surface area contributed by atoms with Gasteiger partial charge in [0.2, 0.25) is 5.95 Å². The first-order valence-corrected chi connectivity index (χ1v) is 18.4. The summed E-state index contributed by atoms with van der Waals surface area (Å²) < 4.78 is 3.76. The van der Waals surface area contributed by atoms with Gasteiger partial charge in [-0.2, -0.15) is 10.2 Å². The summed E-state index contributed by atoms with van der Waals surface area (Å²) in [6.07, 6.45) is 12.7. The predicted octanol–water partition coefficient (Wildman–Crippen LogP) is 5.75. The van der Waals surface area contributed by atoms with Crippen LogP contribution in [0.3, 0.4) is 0 Å². The summed E-state index contributed by atoms with van der Waals surface area (Å²) in [7, 11) is 3.89. The second-order valence-corrected chi connectivity index (χ2v) is 13.7. The molecule has 6 aromatic rings. The third-order valence-corrected chi connectivity index (χ3v) is 9.81. The van der Waals surface area contributed by atoms with E-state index in [2.05, 4.69) is 59.7 Å². The van der Waals surface area contributed by atoms with E-state index in [1.165, 1.54) is 11.8 Å². The molecule has 0 unspecified atom stereocenters. The molecule has 0 spiro atoms. The number of aromatic nitrogens is 8. The molecule has 262 valence electrons. The summed E-state index contributed by atoms with van der Waals surface area (Å²) in [5.74, 6) is 0.628. The van der Waals surface area contributed by atoms with Crippen LogP contribution in [0.5, 0.6) is 0 Å². The van der Waals surface area contributed by atoms with Crippen LogP contribution >= 0.6 is 11.8 Å². The maximum absolute atomic E-state index is 9.62. The van der Waals surface area contributed by atoms with Crippen LogP contribution in [0.15, 0.2) is 78.2 Å². The van der Waals surface area contributed by atoms with Gasteiger partial charge in [-0.25, -0.2) is 19.9 Å². The summed E-state index contributed by atoms with van der Waals surface area (Å²) in [6, 6.07) is 20.8. The minimum atomic E-state index is -0.157. The Labute approximate surface area is 296 Å². The van der Waals surface area contributed by atoms with Gasteiger partial charge in [-0.05, 0) is 81.9 Å². The van der Waals surface area contributed by atoms with Gasteiger partial charge < -0.3 is 21.3 Å². The van der Waals surface area contributed by atoms with Gasteiger partial charge in [0.1, 0.15) is 11.4 Å². The maximum Gasteiger partial charge on any atom is 0.223 e. The largest absolute Gasteiger partial charge is 0.393 e. The Hall–Kier alpha value is -4.43. The van der Waals surface area contributed by atoms with E-state index in [4.69, 9.17) is 10.8 Å². The van der Waals surface area contributed by atoms with Crippen LogP contribution in [0.1, 0.15) is 51.4 Å². The molecule has 2 aromatic carbocycles. The number of anilines is 1. The number of thioether (sulfide) groups is 1. The predicted molar refractivity (Wildman–Crippen MR) is 200 cm³/mol. The molecule has 2 aliphatic rings. The molecule has 50 heavy (non-hydrogen) atoms. The number of nitrogens with zero attached hydrogens (tertiary/aromatic N) is 8. The Balaban J connectivity index is 0.000000146. The highest BCUT2D eigenvalue weighted by Gasteiger charge is 2.20. The highest BCUT2D eigenvalue weighted by atomic mass is 32.2. The van der Waals surface area contributed by atoms with Crippen molar-refractivity contribution in [3.8, 4) is 22.8 Å². The van der Waals surface area contributed by atoms with Gasteiger partial charge in [0.25, 0.3) is 0 Å². The molecule has 8 rings (SSSR count). The molecule has 0 amide bonds. The number of aryl methyl sites for hydroxylation is 2. The van der Waals surface area contributed by atoms with Gasteiger partial charge >= 0.3 is 0 Å². The van der Waals surface area contributed by atoms with Crippen molar-refractivity contribution < 1.29 is 10.2 Å². The van der Waals surface area contributed by atoms with Crippen molar-refractivity contribution in [1.29, 1.82) is 0 Å². The van der Waals surface area contributed by atoms with Crippen LogP contribution < -0.4 is 11.1 Å². The number of benzene rings is 2. The van der Waals surface area contributed by atoms with E-state index in [1.54, 1.807) is 12.4 Å². The van der Waals surface area contributed by atoms with Crippen molar-refractivity contribution in [3.05, 3.63) is 73.1 Å². The number of hydrogen-bond donors (Lipinski definition) is 4. The molecule has 0 saturated heterocycles. The molecular formula is C37H46N10O2S. The minimum absolute atomic E-state index is 0.0604. The zero-order valence-corrected chi connectivity index (χ0v) is 29.7. The third-order valence-electron chi connectivity index (χ3n) is 9.24. The summed E-state index contributed by atoms with van der Waals surface area (Å²) in [4.78, 5) is 17.7. The molecule has 0 radical (unpaired) electrons. The van der Waals surface area contributed by atoms with Gasteiger partial charge in [-0.1, -0.05) is 48.2 Å². The number of aliphatic hydroxyl groups excluding tert-OH is 2. The average molecular weight is 695 g/mol. The molecule has 0 aliphatic heterocycles. The number of nitrogens with two attached hydrogens (primary N) is 1. The smallest absolute Gasteiger partial charge is 0.223 e. The summed E-state index contributed by atoms with van der Waals surface area (Å²) in [6.45, 7) is 0. The zero-order chi connectivity index (χ0) is 35.0. The van der Waals surface area contributed by atoms with Crippen molar-refractivity contribution in [3.63, 3.8) is 0 Å². The van der Waals surface area contributed by atoms with Gasteiger partial charge in [0, 0.05) is 49.3 Å². The van der Waals surface area contributed by atoms with Crippen LogP contribution in [0, 0.1) is 0 Å². The lowest BCUT2D eigenvalue weighted by molar-refractivity contribution is 0.123. The van der Waals surface area contributed by atoms with Crippen molar-refractivity contribution in [2.45, 2.75) is 80.8 Å². The van der Waals surface area contributed by atoms with Crippen LogP contribution in [-0.2, 0) is 14.1 Å². The van der Waals surface area contributed by atoms with Crippen LogP contribution in [-0.4, -0.2) is 80.3 Å². The Morgan fingerprint density at radius 3 is 1.72 bits per heavy atom. The van der Waals surface area contributed by atoms with E-state index < -0.39 is 0 Å². The third kappa shape index (κ3) is 8.64. The average Bonchev–Trinajstić information content (AvgIpc) is 3.67. The van der Waals surface area contributed by atoms with Crippen molar-refractivity contribution in [1.82, 2.24) is 39.5 Å². The summed E-state index contributed by atoms with van der Waals surface area (Å²) in [5, 5.41) is 34.1. The van der Waals surface area contributed by atoms with E-state index in [-0.39, 0.29) is 12.2 Å². The molecule has 0 atom stereocenters. The lowest BCUT2D eigenvalue weighted by atomic mass is 9.93. The standard InChI is InChI=1S/C18H21N5O.C13H12N4S.C6H13NO/c1-23-16-5-3-2-4-14(16)17(22-23)15-10-11-19-18(21-15)20-12-6-8-13(24)9-7-12;1-17-11-6-4-3-5-9(11)12(16-17)10-7-8-14-13(15-10)18-2;7-5-1-3-6(8)4-2-5/h2-5,10-13,24H,6-9H2,1H3,(H,19,20,21);3-8H,1-2H3;5-6,8H,1-4,7H2. The number of fused-ring (bicyclic) bond motifs is 2. The molecule has 5 N–H and O–H groups in total. The Morgan fingerprint density at radius 1 is 0.680 bits per heavy atom. The zero-order valence-electron chi connectivity index (χ0n) is 28.9. The molecule has 4 heterocycles. The quantitative estimate of drug-likeness (QED) is 0.128. The van der Waals surface area contributed by atoms with Gasteiger partial charge in [0.05, 0.1) is 34.6 Å². The Kier molecular flexibility index (Phi) is 11.7. The molecule has 13 heteroatoms. The first-order chi connectivity index (χ1) is 24.3. The Morgan fingerprint density at radius 2 is 1.18 bits per heavy atom. The molecule has 4 aromatic heterocycles. The number of nitrogens with one attached hydrogen (secondary N) is 1. The van der Waals surface area contributed by atoms with Gasteiger partial charge in [-0.3, -0.25) is 9.36 Å². The fourth-order valence-electron chi connectivity index (χ4n) is 6.44. The second-order valence-electron chi connectivity index (χ2n) is 12.9. The van der Waals surface area contributed by atoms with E-state index in [0.717, 1.165) is 101 Å². The number of hydrogen-bond acceptors (Lipinski definition) is 11. The number of para-hydroxylation sites is 2. The highest BCUT2D eigenvalue weighted by molar-refractivity contribution is 7.98. The highest BCUT2D eigenvalue weighted by Crippen LogP contribution is 2.28. The SMILES string of the molecule is CSc1nccc(-c2nn(C)c3ccccc23)n1.Cn1nc(-c2ccnc(NC3CCC(O)CC3)n2)c2ccccc21.NC1CCC(O)CC1. The summed E-state index contributed by atoms with van der Waals surface area (Å²) in [5.41, 5.74) is 11.2. The first-order valence-electron chi connectivity index (χ1n) is 17.2. The van der Waals surface area contributed by atoms with Crippen LogP contribution in [0.2, 0.25) is 0 Å². The molecule has 2 saturated carbocycles. The summed E-state index contributed by atoms with van der Waals surface area (Å²) >= 11 is 1.53. The lowest BCUT2D eigenvalue weighted by Gasteiger charge is -2.26. The van der Waals surface area contributed by atoms with E-state index in [1.807, 2.05) is 66.1 Å². The molecule has 12 nitrogen and oxygen atoms in total. The molecule has 2 fully saturated rings. The molecule has 2 aliphatic carbocycles. The second kappa shape index (κ2) is 16.5. The van der Waals surface area contributed by atoms with E-state index >= 15 is 0 Å². The van der Waals surface area contributed by atoms with Gasteiger partial charge in [0.15, 0.2) is 5.16 Å². The van der Waals surface area contributed by atoms with E-state index in [0.29, 0.717) is 18.0 Å². The number of rotatable bonds is 5. The lowest BCUT2D eigenvalue weighted by Crippen LogP contribution is -2.28. The van der Waals surface area contributed by atoms with Crippen LogP contribution in [0.25, 0.3) is 44.6 Å². The minimum Gasteiger partial charge on any atom is -0.393 e. The van der Waals surface area contributed by atoms with Crippen molar-refractivity contribution in [2.24, 2.45) is 19.8 Å². The monoisotopic (exact) mass is 694 g/mol. The van der Waals surface area contributed by atoms with Gasteiger partial charge in [-0.15, -0.1) is 0 Å². The normalized spacial score (nSPS) is 20.4. The Bertz CT molecular complexity index is 1990. The van der Waals surface area contributed by atoms with Crippen molar-refractivity contribution >= 4 is 39.5 Å². The van der Waals surface area contributed by atoms with E-state index in [9.17, 15) is 5.11 Å². The fraction of sp³-hybridized carbons (Fsp3) is 0.405. The van der Waals surface area contributed by atoms with Crippen LogP contribution in [0.4, 0.5) is 5.95 Å². The van der Waals surface area contributed by atoms with Crippen molar-refractivity contribution in [2.75, 3.05) is 11.6 Å². The fourth-order valence-corrected chi connectivity index (χ4v) is 6.80.